The number of halogens is 1. The second-order valence-electron chi connectivity index (χ2n) is 7.49. The third-order valence-electron chi connectivity index (χ3n) is 5.49. The molecule has 1 N–H and O–H groups in total. The molecule has 2 atom stereocenters. The summed E-state index contributed by atoms with van der Waals surface area (Å²) in [6.07, 6.45) is 0.721. The van der Waals surface area contributed by atoms with E-state index in [1.165, 1.54) is 10.4 Å². The Balaban J connectivity index is 1.67. The molecule has 1 saturated heterocycles. The summed E-state index contributed by atoms with van der Waals surface area (Å²) in [5.41, 5.74) is 0.495. The Bertz CT molecular complexity index is 1020. The lowest BCUT2D eigenvalue weighted by molar-refractivity contribution is -0.135. The number of carbonyl (C=O) groups is 2. The van der Waals surface area contributed by atoms with Gasteiger partial charge >= 0.3 is 0 Å². The largest absolute Gasteiger partial charge is 0.340 e. The molecule has 1 aromatic carbocycles. The number of piperazine rings is 1. The van der Waals surface area contributed by atoms with Crippen LogP contribution in [0.25, 0.3) is 0 Å². The van der Waals surface area contributed by atoms with Gasteiger partial charge in [0, 0.05) is 31.7 Å². The van der Waals surface area contributed by atoms with Gasteiger partial charge in [-0.1, -0.05) is 50.1 Å². The van der Waals surface area contributed by atoms with Crippen LogP contribution >= 0.6 is 22.9 Å². The molecular weight excluding hydrogens is 458 g/mol. The minimum Gasteiger partial charge on any atom is -0.340 e. The van der Waals surface area contributed by atoms with Crippen LogP contribution in [0.1, 0.15) is 30.6 Å². The van der Waals surface area contributed by atoms with Crippen molar-refractivity contribution in [3.63, 3.8) is 0 Å². The minimum absolute atomic E-state index is 0.0600. The smallest absolute Gasteiger partial charge is 0.252 e. The van der Waals surface area contributed by atoms with Crippen molar-refractivity contribution >= 4 is 44.8 Å². The molecule has 31 heavy (non-hydrogen) atoms. The van der Waals surface area contributed by atoms with Crippen LogP contribution < -0.4 is 5.32 Å². The van der Waals surface area contributed by atoms with E-state index in [0.29, 0.717) is 9.90 Å². The quantitative estimate of drug-likeness (QED) is 0.655. The maximum atomic E-state index is 13.2. The lowest BCUT2D eigenvalue weighted by Gasteiger charge is -2.36. The Hall–Kier alpha value is -1.94. The fourth-order valence-electron chi connectivity index (χ4n) is 3.41. The highest BCUT2D eigenvalue weighted by Gasteiger charge is 2.35. The molecule has 0 spiro atoms. The second-order valence-corrected chi connectivity index (χ2v) is 11.4. The Morgan fingerprint density at radius 1 is 1.10 bits per heavy atom. The Morgan fingerprint density at radius 2 is 1.74 bits per heavy atom. The van der Waals surface area contributed by atoms with E-state index in [4.69, 9.17) is 11.6 Å². The van der Waals surface area contributed by atoms with Gasteiger partial charge in [-0.2, -0.15) is 4.31 Å². The second kappa shape index (κ2) is 10.1. The normalized spacial score (nSPS) is 17.2. The van der Waals surface area contributed by atoms with E-state index in [9.17, 15) is 18.0 Å². The molecule has 0 unspecified atom stereocenters. The zero-order valence-electron chi connectivity index (χ0n) is 17.5. The monoisotopic (exact) mass is 483 g/mol. The molecule has 3 rings (SSSR count). The topological polar surface area (TPSA) is 86.8 Å². The first-order chi connectivity index (χ1) is 14.7. The van der Waals surface area contributed by atoms with Crippen molar-refractivity contribution in [3.8, 4) is 0 Å². The predicted molar refractivity (Wildman–Crippen MR) is 122 cm³/mol. The SMILES string of the molecule is CC[C@@H](C)[C@@H](NC(=O)c1ccccc1)C(=O)N1CCN(S(=O)(=O)c2ccc(Cl)s2)CC1. The fraction of sp³-hybridized carbons (Fsp3) is 0.429. The molecule has 1 fully saturated rings. The molecule has 0 bridgehead atoms. The third kappa shape index (κ3) is 5.46. The number of amides is 2. The number of hydrogen-bond acceptors (Lipinski definition) is 5. The number of nitrogens with one attached hydrogen (secondary N) is 1. The van der Waals surface area contributed by atoms with E-state index in [1.807, 2.05) is 19.9 Å². The number of rotatable bonds is 7. The molecule has 0 radical (unpaired) electrons. The van der Waals surface area contributed by atoms with Crippen molar-refractivity contribution in [3.05, 3.63) is 52.4 Å². The highest BCUT2D eigenvalue weighted by molar-refractivity contribution is 7.91. The summed E-state index contributed by atoms with van der Waals surface area (Å²) >= 11 is 6.90. The molecule has 1 aromatic heterocycles. The lowest BCUT2D eigenvalue weighted by Crippen LogP contribution is -2.57. The van der Waals surface area contributed by atoms with Gasteiger partial charge in [-0.15, -0.1) is 11.3 Å². The molecule has 2 heterocycles. The summed E-state index contributed by atoms with van der Waals surface area (Å²) < 4.78 is 27.6. The first kappa shape index (κ1) is 23.7. The van der Waals surface area contributed by atoms with Crippen molar-refractivity contribution < 1.29 is 18.0 Å². The van der Waals surface area contributed by atoms with Crippen LogP contribution in [0.5, 0.6) is 0 Å². The molecule has 10 heteroatoms. The zero-order chi connectivity index (χ0) is 22.6. The number of benzene rings is 1. The molecule has 1 aliphatic heterocycles. The van der Waals surface area contributed by atoms with Gasteiger partial charge in [-0.05, 0) is 30.2 Å². The van der Waals surface area contributed by atoms with Crippen LogP contribution in [0, 0.1) is 5.92 Å². The molecule has 0 aliphatic carbocycles. The number of sulfonamides is 1. The summed E-state index contributed by atoms with van der Waals surface area (Å²) in [5.74, 6) is -0.542. The first-order valence-corrected chi connectivity index (χ1v) is 12.8. The van der Waals surface area contributed by atoms with Crippen LogP contribution in [0.3, 0.4) is 0 Å². The van der Waals surface area contributed by atoms with E-state index < -0.39 is 16.1 Å². The van der Waals surface area contributed by atoms with E-state index in [2.05, 4.69) is 5.32 Å². The van der Waals surface area contributed by atoms with Crippen LogP contribution in [0.15, 0.2) is 46.7 Å². The summed E-state index contributed by atoms with van der Waals surface area (Å²) in [6, 6.07) is 11.2. The fourth-order valence-corrected chi connectivity index (χ4v) is 6.47. The van der Waals surface area contributed by atoms with Gasteiger partial charge in [0.25, 0.3) is 15.9 Å². The van der Waals surface area contributed by atoms with Gasteiger partial charge in [0.1, 0.15) is 10.3 Å². The van der Waals surface area contributed by atoms with Crippen molar-refractivity contribution in [2.24, 2.45) is 5.92 Å². The Kier molecular flexibility index (Phi) is 7.74. The number of thiophene rings is 1. The molecule has 0 saturated carbocycles. The van der Waals surface area contributed by atoms with Crippen molar-refractivity contribution in [2.75, 3.05) is 26.2 Å². The molecule has 168 valence electrons. The van der Waals surface area contributed by atoms with Crippen LogP contribution in [-0.2, 0) is 14.8 Å². The van der Waals surface area contributed by atoms with Crippen molar-refractivity contribution in [1.82, 2.24) is 14.5 Å². The number of nitrogens with zero attached hydrogens (tertiary/aromatic N) is 2. The Morgan fingerprint density at radius 3 is 2.29 bits per heavy atom. The van der Waals surface area contributed by atoms with Gasteiger partial charge < -0.3 is 10.2 Å². The van der Waals surface area contributed by atoms with Gasteiger partial charge in [0.05, 0.1) is 4.34 Å². The zero-order valence-corrected chi connectivity index (χ0v) is 19.8. The predicted octanol–water partition coefficient (Wildman–Crippen LogP) is 3.08. The standard InChI is InChI=1S/C21H26ClN3O4S2/c1-3-15(2)19(23-20(26)16-7-5-4-6-8-16)21(27)24-11-13-25(14-12-24)31(28,29)18-10-9-17(22)30-18/h4-10,15,19H,3,11-14H2,1-2H3,(H,23,26)/t15-,19-/m1/s1. The highest BCUT2D eigenvalue weighted by Crippen LogP contribution is 2.28. The van der Waals surface area contributed by atoms with Gasteiger partial charge in [-0.25, -0.2) is 8.42 Å². The van der Waals surface area contributed by atoms with Crippen LogP contribution in [-0.4, -0.2) is 61.7 Å². The van der Waals surface area contributed by atoms with Gasteiger partial charge in [0.2, 0.25) is 5.91 Å². The van der Waals surface area contributed by atoms with E-state index in [0.717, 1.165) is 17.8 Å². The molecule has 2 amide bonds. The minimum atomic E-state index is -3.63. The van der Waals surface area contributed by atoms with E-state index in [1.54, 1.807) is 35.2 Å². The lowest BCUT2D eigenvalue weighted by atomic mass is 9.97. The van der Waals surface area contributed by atoms with E-state index in [-0.39, 0.29) is 48.1 Å². The third-order valence-corrected chi connectivity index (χ3v) is 9.09. The molecule has 2 aromatic rings. The molecule has 7 nitrogen and oxygen atoms in total. The maximum absolute atomic E-state index is 13.2. The van der Waals surface area contributed by atoms with Crippen LogP contribution in [0.2, 0.25) is 4.34 Å². The summed E-state index contributed by atoms with van der Waals surface area (Å²) in [6.45, 7) is 4.83. The average molecular weight is 484 g/mol. The molecular formula is C21H26ClN3O4S2. The van der Waals surface area contributed by atoms with E-state index >= 15 is 0 Å². The van der Waals surface area contributed by atoms with Crippen LogP contribution in [0.4, 0.5) is 0 Å². The average Bonchev–Trinajstić information content (AvgIpc) is 3.24. The summed E-state index contributed by atoms with van der Waals surface area (Å²) in [5, 5.41) is 2.88. The highest BCUT2D eigenvalue weighted by atomic mass is 35.5. The van der Waals surface area contributed by atoms with Crippen molar-refractivity contribution in [2.45, 2.75) is 30.5 Å². The summed E-state index contributed by atoms with van der Waals surface area (Å²) in [4.78, 5) is 27.5. The van der Waals surface area contributed by atoms with Crippen molar-refractivity contribution in [1.29, 1.82) is 0 Å². The number of carbonyl (C=O) groups excluding carboxylic acids is 2. The molecule has 1 aliphatic rings. The maximum Gasteiger partial charge on any atom is 0.252 e. The first-order valence-electron chi connectivity index (χ1n) is 10.1. The Labute approximate surface area is 192 Å². The summed E-state index contributed by atoms with van der Waals surface area (Å²) in [7, 11) is -3.63. The van der Waals surface area contributed by atoms with Gasteiger partial charge in [-0.3, -0.25) is 9.59 Å². The van der Waals surface area contributed by atoms with Gasteiger partial charge in [0.15, 0.2) is 0 Å². The number of hydrogen-bond donors (Lipinski definition) is 1.